The van der Waals surface area contributed by atoms with E-state index < -0.39 is 0 Å². The van der Waals surface area contributed by atoms with Gasteiger partial charge in [-0.1, -0.05) is 44.2 Å². The van der Waals surface area contributed by atoms with Gasteiger partial charge in [0.15, 0.2) is 0 Å². The van der Waals surface area contributed by atoms with Gasteiger partial charge in [-0.15, -0.1) is 0 Å². The van der Waals surface area contributed by atoms with Crippen LogP contribution in [0.5, 0.6) is 0 Å². The summed E-state index contributed by atoms with van der Waals surface area (Å²) >= 11 is 0. The van der Waals surface area contributed by atoms with Crippen molar-refractivity contribution in [1.82, 2.24) is 19.4 Å². The molecule has 3 saturated heterocycles. The number of imidazole rings is 1. The Balaban J connectivity index is 1.20. The number of benzene rings is 1. The fourth-order valence-corrected chi connectivity index (χ4v) is 9.50. The van der Waals surface area contributed by atoms with E-state index in [0.717, 1.165) is 42.8 Å². The van der Waals surface area contributed by atoms with E-state index in [9.17, 15) is 4.79 Å². The summed E-state index contributed by atoms with van der Waals surface area (Å²) < 4.78 is 2.63. The lowest BCUT2D eigenvalue weighted by Crippen LogP contribution is -2.58. The third-order valence-corrected chi connectivity index (χ3v) is 10.8. The van der Waals surface area contributed by atoms with Gasteiger partial charge in [-0.3, -0.25) is 14.6 Å². The molecule has 2 saturated carbocycles. The van der Waals surface area contributed by atoms with Crippen molar-refractivity contribution < 1.29 is 4.79 Å². The summed E-state index contributed by atoms with van der Waals surface area (Å²) in [5, 5.41) is 0. The Bertz CT molecular complexity index is 1100. The zero-order chi connectivity index (χ0) is 24.9. The second-order valence-corrected chi connectivity index (χ2v) is 13.1. The van der Waals surface area contributed by atoms with Crippen LogP contribution in [-0.2, 0) is 4.79 Å². The predicted molar refractivity (Wildman–Crippen MR) is 147 cm³/mol. The molecule has 1 amide bonds. The maximum atomic E-state index is 11.9. The number of nitrogens with zero attached hydrogens (tertiary/aromatic N) is 4. The van der Waals surface area contributed by atoms with Crippen LogP contribution in [0.1, 0.15) is 108 Å². The number of carbonyl (C=O) groups excluding carboxylic acids is 1. The first-order chi connectivity index (χ1) is 18.1. The monoisotopic (exact) mass is 503 g/mol. The molecule has 6 heteroatoms. The molecule has 0 radical (unpaired) electrons. The molecule has 2 aromatic rings. The third kappa shape index (κ3) is 4.52. The lowest BCUT2D eigenvalue weighted by Gasteiger charge is -2.55. The first-order valence-corrected chi connectivity index (χ1v) is 15.4. The van der Waals surface area contributed by atoms with Crippen LogP contribution in [0.2, 0.25) is 0 Å². The van der Waals surface area contributed by atoms with E-state index in [2.05, 4.69) is 38.6 Å². The Labute approximate surface area is 222 Å². The average Bonchev–Trinajstić information content (AvgIpc) is 3.45. The topological polar surface area (TPSA) is 67.4 Å². The van der Waals surface area contributed by atoms with Crippen LogP contribution in [0.15, 0.2) is 24.3 Å². The number of hydrogen-bond donors (Lipinski definition) is 1. The van der Waals surface area contributed by atoms with Gasteiger partial charge in [0.05, 0.1) is 23.6 Å². The van der Waals surface area contributed by atoms with E-state index in [1.54, 1.807) is 0 Å². The lowest BCUT2D eigenvalue weighted by molar-refractivity contribution is -0.119. The SMILES string of the molecule is NC(=O)CN1CCCC1c1nc2ccccc2n1C1C[C@H]2CCC[C@@H](C1)N2C1C[C@H]2CCCC[C@@H](C1)C2. The number of rotatable bonds is 5. The summed E-state index contributed by atoms with van der Waals surface area (Å²) in [6.07, 6.45) is 19.1. The molecule has 7 rings (SSSR count). The number of piperidine rings is 2. The quantitative estimate of drug-likeness (QED) is 0.579. The highest BCUT2D eigenvalue weighted by Crippen LogP contribution is 2.48. The molecule has 6 nitrogen and oxygen atoms in total. The normalized spacial score (nSPS) is 37.0. The second kappa shape index (κ2) is 10.00. The molecule has 200 valence electrons. The second-order valence-electron chi connectivity index (χ2n) is 13.1. The van der Waals surface area contributed by atoms with Crippen LogP contribution in [-0.4, -0.2) is 56.5 Å². The van der Waals surface area contributed by atoms with E-state index in [1.807, 2.05) is 0 Å². The maximum Gasteiger partial charge on any atom is 0.231 e. The van der Waals surface area contributed by atoms with Crippen molar-refractivity contribution in [1.29, 1.82) is 0 Å². The predicted octanol–water partition coefficient (Wildman–Crippen LogP) is 5.58. The standard InChI is InChI=1S/C31H45N5O/c32-30(37)20-34-14-6-13-29(34)31-33-27-11-3-4-12-28(27)36(31)26-18-23-9-5-10-24(19-26)35(23)25-16-21-7-1-2-8-22(15-21)17-25/h3-4,11-12,21-26,29H,1-2,5-10,13-20H2,(H2,32,37)/t21-,22+,23-,24+,25?,26?,29?. The Morgan fingerprint density at radius 3 is 2.27 bits per heavy atom. The van der Waals surface area contributed by atoms with E-state index >= 15 is 0 Å². The van der Waals surface area contributed by atoms with Crippen molar-refractivity contribution in [2.45, 2.75) is 120 Å². The van der Waals surface area contributed by atoms with Gasteiger partial charge in [0.25, 0.3) is 0 Å². The van der Waals surface area contributed by atoms with Crippen molar-refractivity contribution in [2.75, 3.05) is 13.1 Å². The number of amides is 1. The van der Waals surface area contributed by atoms with Crippen molar-refractivity contribution in [3.05, 3.63) is 30.1 Å². The number of carbonyl (C=O) groups is 1. The van der Waals surface area contributed by atoms with Crippen LogP contribution in [0.3, 0.4) is 0 Å². The highest BCUT2D eigenvalue weighted by atomic mass is 16.1. The Kier molecular flexibility index (Phi) is 6.52. The molecule has 2 N–H and O–H groups in total. The molecule has 3 aliphatic heterocycles. The lowest BCUT2D eigenvalue weighted by atomic mass is 9.73. The largest absolute Gasteiger partial charge is 0.369 e. The maximum absolute atomic E-state index is 11.9. The Morgan fingerprint density at radius 1 is 0.811 bits per heavy atom. The van der Waals surface area contributed by atoms with Gasteiger partial charge in [0.1, 0.15) is 5.82 Å². The van der Waals surface area contributed by atoms with Gasteiger partial charge in [-0.05, 0) is 88.3 Å². The van der Waals surface area contributed by atoms with E-state index in [0.29, 0.717) is 24.7 Å². The molecular weight excluding hydrogens is 458 g/mol. The molecule has 0 spiro atoms. The number of hydrogen-bond acceptors (Lipinski definition) is 4. The summed E-state index contributed by atoms with van der Waals surface area (Å²) in [5.41, 5.74) is 8.03. The van der Waals surface area contributed by atoms with Gasteiger partial charge >= 0.3 is 0 Å². The van der Waals surface area contributed by atoms with Gasteiger partial charge in [-0.2, -0.15) is 0 Å². The molecule has 5 aliphatic rings. The summed E-state index contributed by atoms with van der Waals surface area (Å²) in [5.74, 6) is 2.91. The summed E-state index contributed by atoms with van der Waals surface area (Å²) in [6, 6.07) is 11.6. The molecule has 3 unspecified atom stereocenters. The number of likely N-dealkylation sites (tertiary alicyclic amines) is 1. The zero-order valence-electron chi connectivity index (χ0n) is 22.4. The van der Waals surface area contributed by atoms with Gasteiger partial charge in [0.2, 0.25) is 5.91 Å². The van der Waals surface area contributed by atoms with E-state index in [4.69, 9.17) is 10.7 Å². The van der Waals surface area contributed by atoms with Crippen LogP contribution in [0.25, 0.3) is 11.0 Å². The van der Waals surface area contributed by atoms with Gasteiger partial charge in [0, 0.05) is 24.2 Å². The highest BCUT2D eigenvalue weighted by Gasteiger charge is 2.45. The van der Waals surface area contributed by atoms with Crippen LogP contribution in [0.4, 0.5) is 0 Å². The highest BCUT2D eigenvalue weighted by molar-refractivity contribution is 5.77. The smallest absolute Gasteiger partial charge is 0.231 e. The van der Waals surface area contributed by atoms with Crippen molar-refractivity contribution in [3.63, 3.8) is 0 Å². The molecule has 5 fully saturated rings. The summed E-state index contributed by atoms with van der Waals surface area (Å²) in [4.78, 5) is 22.4. The molecule has 7 atom stereocenters. The first kappa shape index (κ1) is 24.1. The average molecular weight is 504 g/mol. The molecule has 1 aromatic carbocycles. The molecule has 4 heterocycles. The van der Waals surface area contributed by atoms with Crippen LogP contribution >= 0.6 is 0 Å². The molecular formula is C31H45N5O. The van der Waals surface area contributed by atoms with E-state index in [-0.39, 0.29) is 11.9 Å². The fourth-order valence-electron chi connectivity index (χ4n) is 9.50. The minimum atomic E-state index is -0.231. The minimum absolute atomic E-state index is 0.194. The van der Waals surface area contributed by atoms with Crippen molar-refractivity contribution in [2.24, 2.45) is 17.6 Å². The number of para-hydroxylation sites is 2. The molecule has 1 aromatic heterocycles. The fraction of sp³-hybridized carbons (Fsp3) is 0.742. The Hall–Kier alpha value is -1.92. The van der Waals surface area contributed by atoms with Crippen LogP contribution < -0.4 is 5.73 Å². The van der Waals surface area contributed by atoms with Crippen molar-refractivity contribution >= 4 is 16.9 Å². The third-order valence-electron chi connectivity index (χ3n) is 10.8. The van der Waals surface area contributed by atoms with Crippen molar-refractivity contribution in [3.8, 4) is 0 Å². The van der Waals surface area contributed by atoms with Gasteiger partial charge < -0.3 is 10.3 Å². The first-order valence-electron chi connectivity index (χ1n) is 15.4. The van der Waals surface area contributed by atoms with Gasteiger partial charge in [-0.25, -0.2) is 4.98 Å². The summed E-state index contributed by atoms with van der Waals surface area (Å²) in [7, 11) is 0. The van der Waals surface area contributed by atoms with E-state index in [1.165, 1.54) is 88.4 Å². The minimum Gasteiger partial charge on any atom is -0.369 e. The molecule has 2 aliphatic carbocycles. The summed E-state index contributed by atoms with van der Waals surface area (Å²) in [6.45, 7) is 1.27. The number of nitrogens with two attached hydrogens (primary N) is 1. The Morgan fingerprint density at radius 2 is 1.54 bits per heavy atom. The molecule has 4 bridgehead atoms. The number of primary amides is 1. The molecule has 37 heavy (non-hydrogen) atoms. The number of fused-ring (bicyclic) bond motifs is 5. The zero-order valence-corrected chi connectivity index (χ0v) is 22.4. The number of aromatic nitrogens is 2. The van der Waals surface area contributed by atoms with Crippen LogP contribution in [0, 0.1) is 11.8 Å².